The van der Waals surface area contributed by atoms with Gasteiger partial charge in [0.15, 0.2) is 0 Å². The van der Waals surface area contributed by atoms with Gasteiger partial charge in [-0.3, -0.25) is 4.79 Å². The summed E-state index contributed by atoms with van der Waals surface area (Å²) in [6, 6.07) is 8.52. The third kappa shape index (κ3) is 7.38. The molecule has 1 amide bonds. The molecule has 2 fully saturated rings. The lowest BCUT2D eigenvalue weighted by Crippen LogP contribution is -2.45. The summed E-state index contributed by atoms with van der Waals surface area (Å²) in [6.07, 6.45) is 6.62. The Morgan fingerprint density at radius 1 is 1.16 bits per heavy atom. The number of hydrogen-bond donors (Lipinski definition) is 1. The number of piperidine rings is 1. The zero-order valence-corrected chi connectivity index (χ0v) is 17.0. The second kappa shape index (κ2) is 10.7. The predicted octanol–water partition coefficient (Wildman–Crippen LogP) is 4.62. The summed E-state index contributed by atoms with van der Waals surface area (Å²) in [4.78, 5) is 15.6. The molecule has 1 heterocycles. The van der Waals surface area contributed by atoms with Crippen LogP contribution in [0.1, 0.15) is 38.5 Å². The quantitative estimate of drug-likeness (QED) is 0.508. The molecule has 0 radical (unpaired) electrons. The Labute approximate surface area is 166 Å². The maximum atomic E-state index is 12.3. The number of hydrogen-bond acceptors (Lipinski definition) is 3. The first kappa shape index (κ1) is 20.9. The van der Waals surface area contributed by atoms with Crippen LogP contribution < -0.4 is 5.32 Å². The van der Waals surface area contributed by atoms with Gasteiger partial charge in [0.05, 0.1) is 0 Å². The Hall–Kier alpha value is -0.420. The highest BCUT2D eigenvalue weighted by Crippen LogP contribution is 2.28. The fraction of sp³-hybridized carbons (Fsp3) is 0.632. The molecule has 0 unspecified atom stereocenters. The number of carbonyl (C=O) groups excluding carboxylic acids is 1. The van der Waals surface area contributed by atoms with E-state index in [2.05, 4.69) is 10.2 Å². The second-order valence-corrected chi connectivity index (χ2v) is 8.52. The van der Waals surface area contributed by atoms with Crippen molar-refractivity contribution in [2.75, 3.05) is 25.4 Å². The Balaban J connectivity index is 0.00000225. The molecule has 0 atom stereocenters. The highest BCUT2D eigenvalue weighted by atomic mass is 35.5. The molecule has 1 saturated heterocycles. The van der Waals surface area contributed by atoms with E-state index in [-0.39, 0.29) is 12.4 Å². The molecular weight excluding hydrogens is 375 g/mol. The molecule has 1 aliphatic carbocycles. The van der Waals surface area contributed by atoms with Gasteiger partial charge in [-0.15, -0.1) is 24.2 Å². The summed E-state index contributed by atoms with van der Waals surface area (Å²) in [5.41, 5.74) is 0. The highest BCUT2D eigenvalue weighted by molar-refractivity contribution is 7.99. The van der Waals surface area contributed by atoms with Crippen molar-refractivity contribution in [3.63, 3.8) is 0 Å². The molecule has 1 N–H and O–H groups in total. The van der Waals surface area contributed by atoms with Crippen LogP contribution in [-0.2, 0) is 4.79 Å². The maximum absolute atomic E-state index is 12.3. The van der Waals surface area contributed by atoms with E-state index in [1.54, 1.807) is 11.8 Å². The van der Waals surface area contributed by atoms with Crippen LogP contribution in [0.5, 0.6) is 0 Å². The predicted molar refractivity (Wildman–Crippen MR) is 109 cm³/mol. The largest absolute Gasteiger partial charge is 0.343 e. The van der Waals surface area contributed by atoms with Crippen molar-refractivity contribution in [3.05, 3.63) is 29.3 Å². The monoisotopic (exact) mass is 402 g/mol. The molecule has 3 rings (SSSR count). The van der Waals surface area contributed by atoms with Crippen LogP contribution in [0.15, 0.2) is 29.2 Å². The van der Waals surface area contributed by atoms with Gasteiger partial charge < -0.3 is 10.2 Å². The van der Waals surface area contributed by atoms with Crippen LogP contribution in [-0.4, -0.2) is 42.2 Å². The molecule has 1 aliphatic heterocycles. The Morgan fingerprint density at radius 2 is 1.84 bits per heavy atom. The van der Waals surface area contributed by atoms with Crippen LogP contribution in [0.3, 0.4) is 0 Å². The average Bonchev–Trinajstić information content (AvgIpc) is 3.43. The standard InChI is InChI=1S/C19H27ClN2OS.ClH/c20-16-5-7-18(8-6-16)24-13-1-2-19(23)22-11-9-17(10-12-22)21-14-15-3-4-15;/h5-8,15,17,21H,1-4,9-14H2;1H. The number of nitrogens with one attached hydrogen (secondary N) is 1. The van der Waals surface area contributed by atoms with Crippen LogP contribution in [0.25, 0.3) is 0 Å². The molecule has 1 saturated carbocycles. The van der Waals surface area contributed by atoms with Gasteiger partial charge in [-0.05, 0) is 74.6 Å². The normalized spacial score (nSPS) is 18.0. The summed E-state index contributed by atoms with van der Waals surface area (Å²) in [5, 5.41) is 4.43. The van der Waals surface area contributed by atoms with Crippen molar-refractivity contribution in [2.24, 2.45) is 5.92 Å². The van der Waals surface area contributed by atoms with Gasteiger partial charge in [0, 0.05) is 35.5 Å². The summed E-state index contributed by atoms with van der Waals surface area (Å²) < 4.78 is 0. The van der Waals surface area contributed by atoms with E-state index in [0.717, 1.165) is 49.0 Å². The van der Waals surface area contributed by atoms with E-state index in [1.165, 1.54) is 24.3 Å². The number of halogens is 2. The van der Waals surface area contributed by atoms with Gasteiger partial charge in [-0.25, -0.2) is 0 Å². The topological polar surface area (TPSA) is 32.3 Å². The summed E-state index contributed by atoms with van der Waals surface area (Å²) in [6.45, 7) is 3.03. The fourth-order valence-corrected chi connectivity index (χ4v) is 4.07. The first-order valence-corrected chi connectivity index (χ1v) is 10.5. The van der Waals surface area contributed by atoms with Gasteiger partial charge in [0.1, 0.15) is 0 Å². The second-order valence-electron chi connectivity index (χ2n) is 6.91. The number of amides is 1. The zero-order valence-electron chi connectivity index (χ0n) is 14.6. The lowest BCUT2D eigenvalue weighted by atomic mass is 10.0. The molecule has 6 heteroatoms. The third-order valence-electron chi connectivity index (χ3n) is 4.86. The molecule has 0 aromatic heterocycles. The Kier molecular flexibility index (Phi) is 8.91. The SMILES string of the molecule is Cl.O=C(CCCSc1ccc(Cl)cc1)N1CCC(NCC2CC2)CC1. The van der Waals surface area contributed by atoms with E-state index in [4.69, 9.17) is 11.6 Å². The van der Waals surface area contributed by atoms with Gasteiger partial charge in [0.25, 0.3) is 0 Å². The number of thioether (sulfide) groups is 1. The van der Waals surface area contributed by atoms with Gasteiger partial charge in [-0.1, -0.05) is 11.6 Å². The summed E-state index contributed by atoms with van der Waals surface area (Å²) >= 11 is 7.68. The maximum Gasteiger partial charge on any atom is 0.222 e. The highest BCUT2D eigenvalue weighted by Gasteiger charge is 2.25. The van der Waals surface area contributed by atoms with Crippen molar-refractivity contribution < 1.29 is 4.79 Å². The molecule has 140 valence electrons. The van der Waals surface area contributed by atoms with E-state index in [1.807, 2.05) is 24.3 Å². The number of nitrogens with zero attached hydrogens (tertiary/aromatic N) is 1. The Morgan fingerprint density at radius 3 is 2.48 bits per heavy atom. The van der Waals surface area contributed by atoms with Crippen LogP contribution in [0.4, 0.5) is 0 Å². The van der Waals surface area contributed by atoms with Crippen molar-refractivity contribution >= 4 is 41.7 Å². The van der Waals surface area contributed by atoms with Crippen LogP contribution >= 0.6 is 35.8 Å². The Bertz CT molecular complexity index is 529. The molecule has 0 spiro atoms. The molecular formula is C19H28Cl2N2OS. The average molecular weight is 403 g/mol. The lowest BCUT2D eigenvalue weighted by Gasteiger charge is -2.32. The summed E-state index contributed by atoms with van der Waals surface area (Å²) in [5.74, 6) is 2.24. The lowest BCUT2D eigenvalue weighted by molar-refractivity contribution is -0.132. The molecule has 3 nitrogen and oxygen atoms in total. The molecule has 1 aromatic rings. The smallest absolute Gasteiger partial charge is 0.222 e. The fourth-order valence-electron chi connectivity index (χ4n) is 3.09. The van der Waals surface area contributed by atoms with E-state index in [9.17, 15) is 4.79 Å². The zero-order chi connectivity index (χ0) is 16.8. The molecule has 25 heavy (non-hydrogen) atoms. The van der Waals surface area contributed by atoms with Crippen LogP contribution in [0.2, 0.25) is 5.02 Å². The molecule has 2 aliphatic rings. The van der Waals surface area contributed by atoms with Crippen molar-refractivity contribution in [2.45, 2.75) is 49.5 Å². The van der Waals surface area contributed by atoms with E-state index < -0.39 is 0 Å². The van der Waals surface area contributed by atoms with Crippen LogP contribution in [0, 0.1) is 5.92 Å². The number of carbonyl (C=O) groups is 1. The number of benzene rings is 1. The minimum absolute atomic E-state index is 0. The minimum Gasteiger partial charge on any atom is -0.343 e. The van der Waals surface area contributed by atoms with E-state index in [0.29, 0.717) is 18.4 Å². The van der Waals surface area contributed by atoms with Crippen molar-refractivity contribution in [1.82, 2.24) is 10.2 Å². The van der Waals surface area contributed by atoms with Gasteiger partial charge in [0.2, 0.25) is 5.91 Å². The van der Waals surface area contributed by atoms with Crippen molar-refractivity contribution in [1.29, 1.82) is 0 Å². The minimum atomic E-state index is 0. The summed E-state index contributed by atoms with van der Waals surface area (Å²) in [7, 11) is 0. The van der Waals surface area contributed by atoms with E-state index >= 15 is 0 Å². The first-order chi connectivity index (χ1) is 11.7. The number of likely N-dealkylation sites (tertiary alicyclic amines) is 1. The van der Waals surface area contributed by atoms with Gasteiger partial charge >= 0.3 is 0 Å². The van der Waals surface area contributed by atoms with Crippen molar-refractivity contribution in [3.8, 4) is 0 Å². The first-order valence-electron chi connectivity index (χ1n) is 9.10. The molecule has 0 bridgehead atoms. The van der Waals surface area contributed by atoms with Gasteiger partial charge in [-0.2, -0.15) is 0 Å². The molecule has 1 aromatic carbocycles. The third-order valence-corrected chi connectivity index (χ3v) is 6.21. The number of rotatable bonds is 8.